The van der Waals surface area contributed by atoms with Crippen molar-refractivity contribution in [1.82, 2.24) is 14.5 Å². The molecule has 7 heteroatoms. The molecule has 108 valence electrons. The monoisotopic (exact) mass is 313 g/mol. The SMILES string of the molecule is Cc1ccc(S(=O)(=O)NCCn2cc(Cl)cn2)c(C)c1. The van der Waals surface area contributed by atoms with E-state index in [1.807, 2.05) is 13.0 Å². The second kappa shape index (κ2) is 5.95. The van der Waals surface area contributed by atoms with E-state index in [0.29, 0.717) is 16.5 Å². The van der Waals surface area contributed by atoms with Crippen LogP contribution in [0, 0.1) is 13.8 Å². The fraction of sp³-hybridized carbons (Fsp3) is 0.308. The predicted octanol–water partition coefficient (Wildman–Crippen LogP) is 2.13. The van der Waals surface area contributed by atoms with Gasteiger partial charge in [-0.05, 0) is 25.5 Å². The number of hydrogen-bond acceptors (Lipinski definition) is 3. The van der Waals surface area contributed by atoms with Gasteiger partial charge in [-0.2, -0.15) is 5.10 Å². The minimum Gasteiger partial charge on any atom is -0.270 e. The zero-order valence-corrected chi connectivity index (χ0v) is 12.9. The molecule has 0 aliphatic carbocycles. The molecule has 1 aromatic carbocycles. The minimum atomic E-state index is -3.50. The minimum absolute atomic E-state index is 0.258. The van der Waals surface area contributed by atoms with E-state index >= 15 is 0 Å². The van der Waals surface area contributed by atoms with Crippen LogP contribution in [0.15, 0.2) is 35.5 Å². The quantitative estimate of drug-likeness (QED) is 0.919. The van der Waals surface area contributed by atoms with Gasteiger partial charge in [-0.15, -0.1) is 0 Å². The summed E-state index contributed by atoms with van der Waals surface area (Å²) in [7, 11) is -3.50. The van der Waals surface area contributed by atoms with Crippen molar-refractivity contribution < 1.29 is 8.42 Å². The highest BCUT2D eigenvalue weighted by atomic mass is 35.5. The van der Waals surface area contributed by atoms with Gasteiger partial charge in [-0.25, -0.2) is 13.1 Å². The van der Waals surface area contributed by atoms with Crippen LogP contribution in [0.4, 0.5) is 0 Å². The number of benzene rings is 1. The summed E-state index contributed by atoms with van der Waals surface area (Å²) in [6.45, 7) is 4.40. The Hall–Kier alpha value is -1.37. The summed E-state index contributed by atoms with van der Waals surface area (Å²) in [6, 6.07) is 5.26. The number of aryl methyl sites for hydroxylation is 2. The van der Waals surface area contributed by atoms with Crippen LogP contribution in [-0.2, 0) is 16.6 Å². The highest BCUT2D eigenvalue weighted by Crippen LogP contribution is 2.16. The van der Waals surface area contributed by atoms with Crippen LogP contribution in [-0.4, -0.2) is 24.7 Å². The van der Waals surface area contributed by atoms with Crippen molar-refractivity contribution >= 4 is 21.6 Å². The number of nitrogens with one attached hydrogen (secondary N) is 1. The molecule has 1 aromatic heterocycles. The smallest absolute Gasteiger partial charge is 0.240 e. The van der Waals surface area contributed by atoms with Gasteiger partial charge in [-0.1, -0.05) is 29.3 Å². The number of rotatable bonds is 5. The normalized spacial score (nSPS) is 11.8. The molecule has 0 atom stereocenters. The summed E-state index contributed by atoms with van der Waals surface area (Å²) >= 11 is 5.74. The van der Waals surface area contributed by atoms with Crippen molar-refractivity contribution in [3.05, 3.63) is 46.7 Å². The van der Waals surface area contributed by atoms with E-state index < -0.39 is 10.0 Å². The summed E-state index contributed by atoms with van der Waals surface area (Å²) in [5, 5.41) is 4.52. The third-order valence-electron chi connectivity index (χ3n) is 2.85. The topological polar surface area (TPSA) is 64.0 Å². The van der Waals surface area contributed by atoms with Crippen LogP contribution in [0.3, 0.4) is 0 Å². The highest BCUT2D eigenvalue weighted by molar-refractivity contribution is 7.89. The van der Waals surface area contributed by atoms with Crippen molar-refractivity contribution in [1.29, 1.82) is 0 Å². The summed E-state index contributed by atoms with van der Waals surface area (Å²) < 4.78 is 28.5. The predicted molar refractivity (Wildman–Crippen MR) is 78.3 cm³/mol. The largest absolute Gasteiger partial charge is 0.270 e. The Kier molecular flexibility index (Phi) is 4.47. The van der Waals surface area contributed by atoms with Gasteiger partial charge < -0.3 is 0 Å². The highest BCUT2D eigenvalue weighted by Gasteiger charge is 2.15. The molecule has 0 bridgehead atoms. The third-order valence-corrected chi connectivity index (χ3v) is 4.67. The summed E-state index contributed by atoms with van der Waals surface area (Å²) in [5.74, 6) is 0. The number of nitrogens with zero attached hydrogens (tertiary/aromatic N) is 2. The molecule has 5 nitrogen and oxygen atoms in total. The Morgan fingerprint density at radius 2 is 2.10 bits per heavy atom. The Labute approximate surface area is 123 Å². The molecule has 0 saturated heterocycles. The lowest BCUT2D eigenvalue weighted by atomic mass is 10.2. The average molecular weight is 314 g/mol. The van der Waals surface area contributed by atoms with Crippen LogP contribution in [0.1, 0.15) is 11.1 Å². The molecule has 0 spiro atoms. The molecule has 0 fully saturated rings. The number of sulfonamides is 1. The van der Waals surface area contributed by atoms with Crippen LogP contribution in [0.5, 0.6) is 0 Å². The van der Waals surface area contributed by atoms with E-state index in [1.54, 1.807) is 29.9 Å². The molecule has 0 amide bonds. The van der Waals surface area contributed by atoms with Gasteiger partial charge in [0, 0.05) is 12.7 Å². The van der Waals surface area contributed by atoms with E-state index in [-0.39, 0.29) is 6.54 Å². The molecule has 2 rings (SSSR count). The molecule has 0 saturated carbocycles. The van der Waals surface area contributed by atoms with Gasteiger partial charge in [-0.3, -0.25) is 4.68 Å². The summed E-state index contributed by atoms with van der Waals surface area (Å²) in [5.41, 5.74) is 1.77. The third kappa shape index (κ3) is 3.59. The zero-order valence-electron chi connectivity index (χ0n) is 11.3. The first-order valence-electron chi connectivity index (χ1n) is 6.13. The number of aromatic nitrogens is 2. The molecule has 2 aromatic rings. The van der Waals surface area contributed by atoms with Crippen LogP contribution in [0.2, 0.25) is 5.02 Å². The van der Waals surface area contributed by atoms with Crippen LogP contribution >= 0.6 is 11.6 Å². The first kappa shape index (κ1) is 15.0. The molecule has 1 N–H and O–H groups in total. The summed E-state index contributed by atoms with van der Waals surface area (Å²) in [4.78, 5) is 0.307. The van der Waals surface area contributed by atoms with Crippen molar-refractivity contribution in [2.75, 3.05) is 6.54 Å². The fourth-order valence-corrected chi connectivity index (χ4v) is 3.34. The van der Waals surface area contributed by atoms with Crippen molar-refractivity contribution in [3.63, 3.8) is 0 Å². The molecule has 0 aliphatic rings. The maximum absolute atomic E-state index is 12.2. The lowest BCUT2D eigenvalue weighted by Gasteiger charge is -2.10. The Morgan fingerprint density at radius 3 is 2.70 bits per heavy atom. The fourth-order valence-electron chi connectivity index (χ4n) is 1.93. The first-order valence-corrected chi connectivity index (χ1v) is 7.99. The lowest BCUT2D eigenvalue weighted by molar-refractivity contribution is 0.560. The van der Waals surface area contributed by atoms with Gasteiger partial charge in [0.25, 0.3) is 0 Å². The van der Waals surface area contributed by atoms with E-state index in [1.165, 1.54) is 6.20 Å². The maximum atomic E-state index is 12.2. The lowest BCUT2D eigenvalue weighted by Crippen LogP contribution is -2.28. The van der Waals surface area contributed by atoms with Gasteiger partial charge in [0.15, 0.2) is 0 Å². The van der Waals surface area contributed by atoms with Crippen molar-refractivity contribution in [3.8, 4) is 0 Å². The molecule has 0 unspecified atom stereocenters. The maximum Gasteiger partial charge on any atom is 0.240 e. The zero-order chi connectivity index (χ0) is 14.8. The molecule has 1 heterocycles. The second-order valence-corrected chi connectivity index (χ2v) is 6.76. The Morgan fingerprint density at radius 1 is 1.35 bits per heavy atom. The van der Waals surface area contributed by atoms with E-state index in [4.69, 9.17) is 11.6 Å². The number of halogens is 1. The number of hydrogen-bond donors (Lipinski definition) is 1. The van der Waals surface area contributed by atoms with E-state index in [0.717, 1.165) is 11.1 Å². The average Bonchev–Trinajstić information content (AvgIpc) is 2.74. The second-order valence-electron chi connectivity index (χ2n) is 4.59. The van der Waals surface area contributed by atoms with Crippen molar-refractivity contribution in [2.45, 2.75) is 25.3 Å². The first-order chi connectivity index (χ1) is 9.38. The van der Waals surface area contributed by atoms with Gasteiger partial charge in [0.2, 0.25) is 10.0 Å². The summed E-state index contributed by atoms with van der Waals surface area (Å²) in [6.07, 6.45) is 3.16. The molecule has 0 radical (unpaired) electrons. The molecular weight excluding hydrogens is 298 g/mol. The van der Waals surface area contributed by atoms with E-state index in [2.05, 4.69) is 9.82 Å². The Balaban J connectivity index is 2.04. The Bertz CT molecular complexity index is 710. The molecule has 0 aliphatic heterocycles. The van der Waals surface area contributed by atoms with E-state index in [9.17, 15) is 8.42 Å². The van der Waals surface area contributed by atoms with Crippen LogP contribution in [0.25, 0.3) is 0 Å². The van der Waals surface area contributed by atoms with Crippen LogP contribution < -0.4 is 4.72 Å². The van der Waals surface area contributed by atoms with Crippen molar-refractivity contribution in [2.24, 2.45) is 0 Å². The molecule has 20 heavy (non-hydrogen) atoms. The standard InChI is InChI=1S/C13H16ClN3O2S/c1-10-3-4-13(11(2)7-10)20(18,19)16-5-6-17-9-12(14)8-15-17/h3-4,7-9,16H,5-6H2,1-2H3. The van der Waals surface area contributed by atoms with Gasteiger partial charge in [0.05, 0.1) is 22.7 Å². The van der Waals surface area contributed by atoms with Gasteiger partial charge in [0.1, 0.15) is 0 Å². The molecular formula is C13H16ClN3O2S. The van der Waals surface area contributed by atoms with Gasteiger partial charge >= 0.3 is 0 Å².